The Labute approximate surface area is 150 Å². The maximum atomic E-state index is 12.6. The van der Waals surface area contributed by atoms with E-state index in [-0.39, 0.29) is 11.8 Å². The molecule has 2 amide bonds. The zero-order valence-corrected chi connectivity index (χ0v) is 15.3. The van der Waals surface area contributed by atoms with Crippen molar-refractivity contribution < 1.29 is 9.59 Å². The molecule has 0 bridgehead atoms. The normalized spacial score (nSPS) is 10.2. The molecule has 0 unspecified atom stereocenters. The van der Waals surface area contributed by atoms with Crippen LogP contribution in [0.4, 0.5) is 5.69 Å². The second-order valence-electron chi connectivity index (χ2n) is 4.96. The van der Waals surface area contributed by atoms with E-state index in [9.17, 15) is 9.59 Å². The fraction of sp³-hybridized carbons (Fsp3) is 0.222. The van der Waals surface area contributed by atoms with E-state index >= 15 is 0 Å². The van der Waals surface area contributed by atoms with Crippen LogP contribution in [0.1, 0.15) is 34.6 Å². The molecule has 0 aromatic heterocycles. The van der Waals surface area contributed by atoms with E-state index in [2.05, 4.69) is 27.9 Å². The van der Waals surface area contributed by atoms with Gasteiger partial charge in [0.15, 0.2) is 0 Å². The highest BCUT2D eigenvalue weighted by Gasteiger charge is 2.18. The predicted octanol–water partition coefficient (Wildman–Crippen LogP) is 4.03. The molecular formula is C18H19IN2O2. The minimum absolute atomic E-state index is 0.0753. The van der Waals surface area contributed by atoms with Crippen molar-refractivity contribution >= 4 is 40.1 Å². The lowest BCUT2D eigenvalue weighted by Gasteiger charge is -2.20. The van der Waals surface area contributed by atoms with Crippen molar-refractivity contribution in [2.24, 2.45) is 0 Å². The van der Waals surface area contributed by atoms with Gasteiger partial charge in [-0.05, 0) is 60.7 Å². The number of carbonyl (C=O) groups excluding carboxylic acids is 2. The number of carbonyl (C=O) groups is 2. The molecule has 0 saturated heterocycles. The van der Waals surface area contributed by atoms with Crippen molar-refractivity contribution in [1.82, 2.24) is 4.90 Å². The zero-order valence-electron chi connectivity index (χ0n) is 13.2. The second kappa shape index (κ2) is 8.10. The Morgan fingerprint density at radius 1 is 0.957 bits per heavy atom. The molecule has 1 N–H and O–H groups in total. The minimum Gasteiger partial charge on any atom is -0.339 e. The van der Waals surface area contributed by atoms with Crippen LogP contribution in [0.15, 0.2) is 48.5 Å². The van der Waals surface area contributed by atoms with Crippen LogP contribution >= 0.6 is 22.6 Å². The molecule has 5 heteroatoms. The van der Waals surface area contributed by atoms with Crippen LogP contribution in [-0.2, 0) is 0 Å². The SMILES string of the molecule is CCN(CC)C(=O)c1ccccc1NC(=O)c1ccccc1I. The van der Waals surface area contributed by atoms with Gasteiger partial charge >= 0.3 is 0 Å². The topological polar surface area (TPSA) is 49.4 Å². The summed E-state index contributed by atoms with van der Waals surface area (Å²) in [7, 11) is 0. The van der Waals surface area contributed by atoms with Crippen LogP contribution in [0.3, 0.4) is 0 Å². The molecule has 0 atom stereocenters. The van der Waals surface area contributed by atoms with Crippen LogP contribution in [0.5, 0.6) is 0 Å². The van der Waals surface area contributed by atoms with Gasteiger partial charge in [0, 0.05) is 16.7 Å². The molecule has 2 aromatic rings. The molecule has 0 saturated carbocycles. The van der Waals surface area contributed by atoms with Crippen LogP contribution in [0.2, 0.25) is 0 Å². The standard InChI is InChI=1S/C18H19IN2O2/c1-3-21(4-2)18(23)14-10-6-8-12-16(14)20-17(22)13-9-5-7-11-15(13)19/h5-12H,3-4H2,1-2H3,(H,20,22). The molecule has 0 aliphatic carbocycles. The lowest BCUT2D eigenvalue weighted by molar-refractivity contribution is 0.0774. The highest BCUT2D eigenvalue weighted by Crippen LogP contribution is 2.20. The molecule has 120 valence electrons. The largest absolute Gasteiger partial charge is 0.339 e. The number of halogens is 1. The molecule has 0 fully saturated rings. The Morgan fingerprint density at radius 2 is 1.52 bits per heavy atom. The summed E-state index contributed by atoms with van der Waals surface area (Å²) < 4.78 is 0.871. The summed E-state index contributed by atoms with van der Waals surface area (Å²) in [5.74, 6) is -0.288. The Hall–Kier alpha value is -1.89. The maximum absolute atomic E-state index is 12.6. The fourth-order valence-corrected chi connectivity index (χ4v) is 2.93. The number of amides is 2. The Bertz CT molecular complexity index is 712. The summed E-state index contributed by atoms with van der Waals surface area (Å²) in [5, 5.41) is 2.86. The van der Waals surface area contributed by atoms with Gasteiger partial charge in [-0.15, -0.1) is 0 Å². The average molecular weight is 422 g/mol. The molecule has 0 aliphatic heterocycles. The first-order chi connectivity index (χ1) is 11.1. The third kappa shape index (κ3) is 4.10. The quantitative estimate of drug-likeness (QED) is 0.740. The fourth-order valence-electron chi connectivity index (χ4n) is 2.29. The molecule has 4 nitrogen and oxygen atoms in total. The van der Waals surface area contributed by atoms with Crippen molar-refractivity contribution in [2.75, 3.05) is 18.4 Å². The lowest BCUT2D eigenvalue weighted by atomic mass is 10.1. The number of benzene rings is 2. The van der Waals surface area contributed by atoms with Crippen molar-refractivity contribution in [3.05, 3.63) is 63.2 Å². The van der Waals surface area contributed by atoms with Gasteiger partial charge in [0.2, 0.25) is 0 Å². The van der Waals surface area contributed by atoms with Gasteiger partial charge in [-0.1, -0.05) is 24.3 Å². The van der Waals surface area contributed by atoms with Gasteiger partial charge in [0.05, 0.1) is 16.8 Å². The first-order valence-electron chi connectivity index (χ1n) is 7.52. The molecule has 2 rings (SSSR count). The van der Waals surface area contributed by atoms with Crippen LogP contribution in [0, 0.1) is 3.57 Å². The minimum atomic E-state index is -0.213. The van der Waals surface area contributed by atoms with Crippen molar-refractivity contribution in [3.8, 4) is 0 Å². The predicted molar refractivity (Wildman–Crippen MR) is 101 cm³/mol. The monoisotopic (exact) mass is 422 g/mol. The number of nitrogens with zero attached hydrogens (tertiary/aromatic N) is 1. The number of hydrogen-bond donors (Lipinski definition) is 1. The molecular weight excluding hydrogens is 403 g/mol. The Kier molecular flexibility index (Phi) is 6.15. The lowest BCUT2D eigenvalue weighted by Crippen LogP contribution is -2.31. The molecule has 0 spiro atoms. The van der Waals surface area contributed by atoms with Gasteiger partial charge in [-0.3, -0.25) is 9.59 Å². The summed E-state index contributed by atoms with van der Waals surface area (Å²) in [6.45, 7) is 5.15. The number of anilines is 1. The third-order valence-electron chi connectivity index (χ3n) is 3.57. The Balaban J connectivity index is 2.29. The van der Waals surface area contributed by atoms with E-state index in [4.69, 9.17) is 0 Å². The van der Waals surface area contributed by atoms with E-state index in [0.29, 0.717) is 29.9 Å². The van der Waals surface area contributed by atoms with E-state index < -0.39 is 0 Å². The molecule has 2 aromatic carbocycles. The van der Waals surface area contributed by atoms with E-state index in [1.807, 2.05) is 38.1 Å². The summed E-state index contributed by atoms with van der Waals surface area (Å²) >= 11 is 2.13. The van der Waals surface area contributed by atoms with E-state index in [0.717, 1.165) is 3.57 Å². The highest BCUT2D eigenvalue weighted by molar-refractivity contribution is 14.1. The van der Waals surface area contributed by atoms with E-state index in [1.165, 1.54) is 0 Å². The van der Waals surface area contributed by atoms with Crippen molar-refractivity contribution in [3.63, 3.8) is 0 Å². The summed E-state index contributed by atoms with van der Waals surface area (Å²) in [5.41, 5.74) is 1.64. The van der Waals surface area contributed by atoms with Gasteiger partial charge in [0.1, 0.15) is 0 Å². The second-order valence-corrected chi connectivity index (χ2v) is 6.12. The Morgan fingerprint density at radius 3 is 2.13 bits per heavy atom. The number of rotatable bonds is 5. The van der Waals surface area contributed by atoms with Gasteiger partial charge in [-0.25, -0.2) is 0 Å². The first-order valence-corrected chi connectivity index (χ1v) is 8.60. The average Bonchev–Trinajstić information content (AvgIpc) is 2.56. The van der Waals surface area contributed by atoms with Crippen LogP contribution in [-0.4, -0.2) is 29.8 Å². The number of nitrogens with one attached hydrogen (secondary N) is 1. The first kappa shape index (κ1) is 17.5. The molecule has 0 radical (unpaired) electrons. The van der Waals surface area contributed by atoms with Gasteiger partial charge in [-0.2, -0.15) is 0 Å². The third-order valence-corrected chi connectivity index (χ3v) is 4.52. The van der Waals surface area contributed by atoms with Crippen LogP contribution in [0.25, 0.3) is 0 Å². The molecule has 0 aliphatic rings. The maximum Gasteiger partial charge on any atom is 0.256 e. The molecule has 23 heavy (non-hydrogen) atoms. The zero-order chi connectivity index (χ0) is 16.8. The number of hydrogen-bond acceptors (Lipinski definition) is 2. The van der Waals surface area contributed by atoms with Crippen LogP contribution < -0.4 is 5.32 Å². The molecule has 0 heterocycles. The van der Waals surface area contributed by atoms with Crippen molar-refractivity contribution in [1.29, 1.82) is 0 Å². The van der Waals surface area contributed by atoms with Crippen molar-refractivity contribution in [2.45, 2.75) is 13.8 Å². The summed E-state index contributed by atoms with van der Waals surface area (Å²) in [6.07, 6.45) is 0. The summed E-state index contributed by atoms with van der Waals surface area (Å²) in [4.78, 5) is 26.8. The van der Waals surface area contributed by atoms with Gasteiger partial charge in [0.25, 0.3) is 11.8 Å². The highest BCUT2D eigenvalue weighted by atomic mass is 127. The smallest absolute Gasteiger partial charge is 0.256 e. The summed E-state index contributed by atoms with van der Waals surface area (Å²) in [6, 6.07) is 14.5. The number of para-hydroxylation sites is 1. The van der Waals surface area contributed by atoms with Gasteiger partial charge < -0.3 is 10.2 Å². The van der Waals surface area contributed by atoms with E-state index in [1.54, 1.807) is 29.2 Å².